The zero-order chi connectivity index (χ0) is 10.5. The maximum atomic E-state index is 3.41. The summed E-state index contributed by atoms with van der Waals surface area (Å²) in [6.45, 7) is 2.83. The topological polar surface area (TPSA) is 12.0 Å². The Morgan fingerprint density at radius 2 is 2.13 bits per heavy atom. The minimum atomic E-state index is 0.924. The Balaban J connectivity index is 1.94. The van der Waals surface area contributed by atoms with Crippen molar-refractivity contribution in [3.05, 3.63) is 29.3 Å². The predicted octanol–water partition coefficient (Wildman–Crippen LogP) is 3.00. The highest BCUT2D eigenvalue weighted by atomic mass is 14.9. The van der Waals surface area contributed by atoms with Gasteiger partial charge >= 0.3 is 0 Å². The summed E-state index contributed by atoms with van der Waals surface area (Å²) in [6, 6.07) is 6.74. The van der Waals surface area contributed by atoms with Crippen LogP contribution in [0.3, 0.4) is 0 Å². The highest BCUT2D eigenvalue weighted by Gasteiger charge is 2.10. The van der Waals surface area contributed by atoms with Gasteiger partial charge in [-0.25, -0.2) is 0 Å². The van der Waals surface area contributed by atoms with E-state index in [0.29, 0.717) is 0 Å². The fourth-order valence-corrected chi connectivity index (χ4v) is 2.08. The molecule has 0 fully saturated rings. The van der Waals surface area contributed by atoms with Crippen molar-refractivity contribution in [2.24, 2.45) is 0 Å². The third-order valence-corrected chi connectivity index (χ3v) is 2.85. The molecule has 15 heavy (non-hydrogen) atoms. The Kier molecular flexibility index (Phi) is 3.29. The quantitative estimate of drug-likeness (QED) is 0.583. The Morgan fingerprint density at radius 3 is 3.00 bits per heavy atom. The van der Waals surface area contributed by atoms with Crippen molar-refractivity contribution >= 4 is 5.69 Å². The molecule has 1 heteroatoms. The van der Waals surface area contributed by atoms with Crippen LogP contribution in [0, 0.1) is 11.8 Å². The van der Waals surface area contributed by atoms with E-state index < -0.39 is 0 Å². The molecule has 0 aliphatic heterocycles. The standard InChI is InChI=1S/C14H17N/c1-2-3-4-10-15-14-9-8-12-6-5-7-13(12)11-14/h8-9,11,15H,4-7,10H2,1H3. The number of fused-ring (bicyclic) bond motifs is 1. The monoisotopic (exact) mass is 199 g/mol. The van der Waals surface area contributed by atoms with Gasteiger partial charge in [0.05, 0.1) is 0 Å². The van der Waals surface area contributed by atoms with Crippen molar-refractivity contribution in [3.8, 4) is 11.8 Å². The smallest absolute Gasteiger partial charge is 0.0343 e. The van der Waals surface area contributed by atoms with Crippen molar-refractivity contribution in [2.45, 2.75) is 32.6 Å². The molecule has 1 aliphatic rings. The molecule has 0 saturated carbocycles. The van der Waals surface area contributed by atoms with E-state index >= 15 is 0 Å². The number of rotatable bonds is 3. The zero-order valence-electron chi connectivity index (χ0n) is 9.27. The molecule has 0 bridgehead atoms. The fraction of sp³-hybridized carbons (Fsp3) is 0.429. The van der Waals surface area contributed by atoms with Crippen LogP contribution in [0.15, 0.2) is 18.2 Å². The van der Waals surface area contributed by atoms with Gasteiger partial charge in [-0.2, -0.15) is 0 Å². The molecule has 0 radical (unpaired) electrons. The first kappa shape index (κ1) is 10.1. The molecule has 0 atom stereocenters. The molecule has 2 rings (SSSR count). The van der Waals surface area contributed by atoms with Gasteiger partial charge in [-0.1, -0.05) is 6.07 Å². The van der Waals surface area contributed by atoms with E-state index in [2.05, 4.69) is 35.4 Å². The first-order valence-electron chi connectivity index (χ1n) is 5.65. The van der Waals surface area contributed by atoms with Crippen molar-refractivity contribution in [2.75, 3.05) is 11.9 Å². The molecule has 1 aliphatic carbocycles. The summed E-state index contributed by atoms with van der Waals surface area (Å²) in [5.41, 5.74) is 4.31. The van der Waals surface area contributed by atoms with Gasteiger partial charge in [0.25, 0.3) is 0 Å². The lowest BCUT2D eigenvalue weighted by Crippen LogP contribution is -2.00. The van der Waals surface area contributed by atoms with Crippen molar-refractivity contribution in [1.29, 1.82) is 0 Å². The van der Waals surface area contributed by atoms with E-state index in [9.17, 15) is 0 Å². The van der Waals surface area contributed by atoms with Crippen LogP contribution in [0.5, 0.6) is 0 Å². The third-order valence-electron chi connectivity index (χ3n) is 2.85. The summed E-state index contributed by atoms with van der Waals surface area (Å²) in [4.78, 5) is 0. The lowest BCUT2D eigenvalue weighted by atomic mass is 10.1. The SMILES string of the molecule is CC#CCCNc1ccc2c(c1)CCC2. The molecule has 0 unspecified atom stereocenters. The summed E-state index contributed by atoms with van der Waals surface area (Å²) < 4.78 is 0. The summed E-state index contributed by atoms with van der Waals surface area (Å²) in [5.74, 6) is 5.96. The average molecular weight is 199 g/mol. The number of aryl methyl sites for hydroxylation is 2. The molecule has 1 N–H and O–H groups in total. The Labute approximate surface area is 91.9 Å². The molecule has 1 aromatic carbocycles. The van der Waals surface area contributed by atoms with E-state index in [1.54, 1.807) is 0 Å². The van der Waals surface area contributed by atoms with E-state index in [0.717, 1.165) is 13.0 Å². The van der Waals surface area contributed by atoms with E-state index in [4.69, 9.17) is 0 Å². The lowest BCUT2D eigenvalue weighted by Gasteiger charge is -2.06. The Bertz CT molecular complexity index is 396. The zero-order valence-corrected chi connectivity index (χ0v) is 9.27. The molecule has 0 saturated heterocycles. The molecule has 0 aromatic heterocycles. The van der Waals surface area contributed by atoms with Crippen LogP contribution in [0.4, 0.5) is 5.69 Å². The van der Waals surface area contributed by atoms with Crippen LogP contribution >= 0.6 is 0 Å². The highest BCUT2D eigenvalue weighted by Crippen LogP contribution is 2.24. The van der Waals surface area contributed by atoms with Crippen LogP contribution in [0.1, 0.15) is 30.9 Å². The normalized spacial score (nSPS) is 12.9. The molecule has 0 amide bonds. The Morgan fingerprint density at radius 1 is 1.27 bits per heavy atom. The first-order valence-corrected chi connectivity index (χ1v) is 5.65. The fourth-order valence-electron chi connectivity index (χ4n) is 2.08. The van der Waals surface area contributed by atoms with Gasteiger partial charge in [-0.05, 0) is 49.4 Å². The maximum Gasteiger partial charge on any atom is 0.0343 e. The van der Waals surface area contributed by atoms with Gasteiger partial charge in [0, 0.05) is 18.7 Å². The second kappa shape index (κ2) is 4.89. The van der Waals surface area contributed by atoms with Crippen LogP contribution in [-0.2, 0) is 12.8 Å². The van der Waals surface area contributed by atoms with Crippen molar-refractivity contribution < 1.29 is 0 Å². The van der Waals surface area contributed by atoms with Crippen LogP contribution in [0.25, 0.3) is 0 Å². The molecule has 0 heterocycles. The van der Waals surface area contributed by atoms with Gasteiger partial charge < -0.3 is 5.32 Å². The highest BCUT2D eigenvalue weighted by molar-refractivity contribution is 5.50. The predicted molar refractivity (Wildman–Crippen MR) is 65.0 cm³/mol. The molecule has 1 aromatic rings. The minimum Gasteiger partial charge on any atom is -0.384 e. The van der Waals surface area contributed by atoms with Crippen LogP contribution in [-0.4, -0.2) is 6.54 Å². The van der Waals surface area contributed by atoms with E-state index in [1.807, 2.05) is 6.92 Å². The summed E-state index contributed by atoms with van der Waals surface area (Å²) in [5, 5.41) is 3.41. The summed E-state index contributed by atoms with van der Waals surface area (Å²) in [6.07, 6.45) is 4.75. The second-order valence-electron chi connectivity index (χ2n) is 3.94. The first-order chi connectivity index (χ1) is 7.40. The average Bonchev–Trinajstić information content (AvgIpc) is 2.71. The number of nitrogens with one attached hydrogen (secondary N) is 1. The van der Waals surface area contributed by atoms with Crippen molar-refractivity contribution in [1.82, 2.24) is 0 Å². The molecule has 1 nitrogen and oxygen atoms in total. The van der Waals surface area contributed by atoms with Crippen LogP contribution in [0.2, 0.25) is 0 Å². The molecular formula is C14H17N. The van der Waals surface area contributed by atoms with E-state index in [1.165, 1.54) is 36.1 Å². The van der Waals surface area contributed by atoms with Gasteiger partial charge in [0.2, 0.25) is 0 Å². The second-order valence-corrected chi connectivity index (χ2v) is 3.94. The summed E-state index contributed by atoms with van der Waals surface area (Å²) in [7, 11) is 0. The number of hydrogen-bond donors (Lipinski definition) is 1. The van der Waals surface area contributed by atoms with Crippen molar-refractivity contribution in [3.63, 3.8) is 0 Å². The lowest BCUT2D eigenvalue weighted by molar-refractivity contribution is 0.912. The van der Waals surface area contributed by atoms with E-state index in [-0.39, 0.29) is 0 Å². The number of anilines is 1. The summed E-state index contributed by atoms with van der Waals surface area (Å²) >= 11 is 0. The van der Waals surface area contributed by atoms with Gasteiger partial charge in [0.15, 0.2) is 0 Å². The minimum absolute atomic E-state index is 0.924. The molecular weight excluding hydrogens is 182 g/mol. The van der Waals surface area contributed by atoms with Gasteiger partial charge in [-0.3, -0.25) is 0 Å². The number of benzene rings is 1. The molecule has 0 spiro atoms. The molecule has 78 valence electrons. The Hall–Kier alpha value is -1.42. The largest absolute Gasteiger partial charge is 0.384 e. The van der Waals surface area contributed by atoms with Crippen LogP contribution < -0.4 is 5.32 Å². The maximum absolute atomic E-state index is 3.41. The van der Waals surface area contributed by atoms with Gasteiger partial charge in [0.1, 0.15) is 0 Å². The van der Waals surface area contributed by atoms with Gasteiger partial charge in [-0.15, -0.1) is 11.8 Å². The number of hydrogen-bond acceptors (Lipinski definition) is 1. The third kappa shape index (κ3) is 2.53.